The van der Waals surface area contributed by atoms with Crippen molar-refractivity contribution in [2.24, 2.45) is 0 Å². The molecule has 0 unspecified atom stereocenters. The van der Waals surface area contributed by atoms with Gasteiger partial charge in [0.05, 0.1) is 20.5 Å². The average Bonchev–Trinajstić information content (AvgIpc) is 3.46. The van der Waals surface area contributed by atoms with Gasteiger partial charge in [-0.15, -0.1) is 0 Å². The SMILES string of the molecule is O=[N+]([O-])c1ccc(OCc2c(-c3c(Cl)cccc3Cl)noc2C2CC2)nc1C(F)(F)F. The lowest BCUT2D eigenvalue weighted by atomic mass is 10.0. The molecular weight excluding hydrogens is 462 g/mol. The highest BCUT2D eigenvalue weighted by molar-refractivity contribution is 6.39. The first kappa shape index (κ1) is 21.4. The molecule has 0 N–H and O–H groups in total. The van der Waals surface area contributed by atoms with Crippen LogP contribution in [0.5, 0.6) is 5.88 Å². The molecule has 1 fully saturated rings. The lowest BCUT2D eigenvalue weighted by Crippen LogP contribution is -2.12. The highest BCUT2D eigenvalue weighted by atomic mass is 35.5. The molecule has 12 heteroatoms. The molecule has 3 aromatic rings. The van der Waals surface area contributed by atoms with Crippen molar-refractivity contribution in [2.75, 3.05) is 0 Å². The number of rotatable bonds is 6. The Morgan fingerprint density at radius 2 is 1.87 bits per heavy atom. The van der Waals surface area contributed by atoms with Crippen LogP contribution < -0.4 is 4.74 Å². The van der Waals surface area contributed by atoms with E-state index in [2.05, 4.69) is 10.1 Å². The van der Waals surface area contributed by atoms with E-state index in [1.165, 1.54) is 0 Å². The van der Waals surface area contributed by atoms with E-state index < -0.39 is 28.4 Å². The van der Waals surface area contributed by atoms with Gasteiger partial charge in [-0.05, 0) is 25.0 Å². The van der Waals surface area contributed by atoms with Crippen molar-refractivity contribution in [1.82, 2.24) is 10.1 Å². The predicted octanol–water partition coefficient (Wildman–Crippen LogP) is 6.43. The fourth-order valence-corrected chi connectivity index (χ4v) is 3.64. The number of nitro groups is 1. The molecule has 4 rings (SSSR count). The number of benzene rings is 1. The third-order valence-corrected chi connectivity index (χ3v) is 5.27. The molecule has 0 atom stereocenters. The van der Waals surface area contributed by atoms with E-state index in [4.69, 9.17) is 32.5 Å². The van der Waals surface area contributed by atoms with Crippen LogP contribution in [0.4, 0.5) is 18.9 Å². The van der Waals surface area contributed by atoms with Crippen molar-refractivity contribution in [3.63, 3.8) is 0 Å². The molecule has 0 spiro atoms. The first-order chi connectivity index (χ1) is 14.7. The zero-order chi connectivity index (χ0) is 22.3. The van der Waals surface area contributed by atoms with E-state index in [-0.39, 0.29) is 12.5 Å². The Bertz CT molecular complexity index is 1140. The number of ether oxygens (including phenoxy) is 1. The zero-order valence-corrected chi connectivity index (χ0v) is 17.0. The van der Waals surface area contributed by atoms with Gasteiger partial charge >= 0.3 is 6.18 Å². The third kappa shape index (κ3) is 4.31. The van der Waals surface area contributed by atoms with Crippen molar-refractivity contribution in [1.29, 1.82) is 0 Å². The molecule has 0 saturated heterocycles. The molecule has 31 heavy (non-hydrogen) atoms. The largest absolute Gasteiger partial charge is 0.473 e. The fourth-order valence-electron chi connectivity index (χ4n) is 3.06. The monoisotopic (exact) mass is 473 g/mol. The van der Waals surface area contributed by atoms with Crippen molar-refractivity contribution in [3.05, 3.63) is 67.5 Å². The zero-order valence-electron chi connectivity index (χ0n) is 15.4. The predicted molar refractivity (Wildman–Crippen MR) is 104 cm³/mol. The number of nitrogens with zero attached hydrogens (tertiary/aromatic N) is 3. The van der Waals surface area contributed by atoms with E-state index in [9.17, 15) is 23.3 Å². The van der Waals surface area contributed by atoms with Gasteiger partial charge < -0.3 is 9.26 Å². The van der Waals surface area contributed by atoms with Crippen LogP contribution in [0.15, 0.2) is 34.9 Å². The summed E-state index contributed by atoms with van der Waals surface area (Å²) >= 11 is 12.5. The van der Waals surface area contributed by atoms with Crippen LogP contribution >= 0.6 is 23.2 Å². The van der Waals surface area contributed by atoms with E-state index >= 15 is 0 Å². The Hall–Kier alpha value is -2.85. The summed E-state index contributed by atoms with van der Waals surface area (Å²) in [6, 6.07) is 6.59. The second-order valence-corrected chi connectivity index (χ2v) is 7.62. The molecule has 0 bridgehead atoms. The van der Waals surface area contributed by atoms with Crippen molar-refractivity contribution in [3.8, 4) is 17.1 Å². The molecule has 1 saturated carbocycles. The maximum atomic E-state index is 13.2. The molecule has 0 aliphatic heterocycles. The number of alkyl halides is 3. The van der Waals surface area contributed by atoms with Crippen molar-refractivity contribution >= 4 is 28.9 Å². The number of hydrogen-bond donors (Lipinski definition) is 0. The fraction of sp³-hybridized carbons (Fsp3) is 0.263. The molecule has 1 aliphatic rings. The third-order valence-electron chi connectivity index (χ3n) is 4.64. The van der Waals surface area contributed by atoms with Gasteiger partial charge in [-0.1, -0.05) is 34.4 Å². The summed E-state index contributed by atoms with van der Waals surface area (Å²) in [4.78, 5) is 13.0. The molecule has 2 aromatic heterocycles. The minimum absolute atomic E-state index is 0.108. The van der Waals surface area contributed by atoms with Crippen LogP contribution in [0.3, 0.4) is 0 Å². The van der Waals surface area contributed by atoms with Gasteiger partial charge in [-0.25, -0.2) is 4.98 Å². The van der Waals surface area contributed by atoms with Gasteiger partial charge in [0.2, 0.25) is 11.6 Å². The second-order valence-electron chi connectivity index (χ2n) is 6.81. The Labute approximate surface area is 182 Å². The molecule has 162 valence electrons. The summed E-state index contributed by atoms with van der Waals surface area (Å²) in [6.07, 6.45) is -3.29. The van der Waals surface area contributed by atoms with Crippen molar-refractivity contribution < 1.29 is 27.4 Å². The first-order valence-electron chi connectivity index (χ1n) is 8.95. The summed E-state index contributed by atoms with van der Waals surface area (Å²) in [5, 5.41) is 15.6. The Morgan fingerprint density at radius 1 is 1.19 bits per heavy atom. The second kappa shape index (κ2) is 8.01. The molecule has 0 amide bonds. The molecule has 2 heterocycles. The van der Waals surface area contributed by atoms with Crippen LogP contribution in [0.2, 0.25) is 10.0 Å². The van der Waals surface area contributed by atoms with Crippen LogP contribution in [-0.4, -0.2) is 15.1 Å². The minimum Gasteiger partial charge on any atom is -0.473 e. The number of pyridine rings is 1. The molecule has 0 radical (unpaired) electrons. The van der Waals surface area contributed by atoms with Crippen LogP contribution in [0.1, 0.15) is 35.8 Å². The molecular formula is C19H12Cl2F3N3O4. The van der Waals surface area contributed by atoms with E-state index in [0.717, 1.165) is 18.9 Å². The highest BCUT2D eigenvalue weighted by Gasteiger charge is 2.41. The Morgan fingerprint density at radius 3 is 2.45 bits per heavy atom. The summed E-state index contributed by atoms with van der Waals surface area (Å²) in [5.41, 5.74) is -1.60. The van der Waals surface area contributed by atoms with Gasteiger partial charge in [0.15, 0.2) is 0 Å². The summed E-state index contributed by atoms with van der Waals surface area (Å²) in [7, 11) is 0. The van der Waals surface area contributed by atoms with E-state index in [1.54, 1.807) is 18.2 Å². The highest BCUT2D eigenvalue weighted by Crippen LogP contribution is 2.46. The molecule has 7 nitrogen and oxygen atoms in total. The topological polar surface area (TPSA) is 91.3 Å². The smallest absolute Gasteiger partial charge is 0.440 e. The van der Waals surface area contributed by atoms with Gasteiger partial charge in [0, 0.05) is 23.6 Å². The number of aromatic nitrogens is 2. The Kier molecular flexibility index (Phi) is 5.52. The van der Waals surface area contributed by atoms with Crippen LogP contribution in [-0.2, 0) is 12.8 Å². The number of halogens is 5. The lowest BCUT2D eigenvalue weighted by Gasteiger charge is -2.11. The van der Waals surface area contributed by atoms with Gasteiger partial charge in [-0.2, -0.15) is 13.2 Å². The average molecular weight is 474 g/mol. The standard InChI is InChI=1S/C19H12Cl2F3N3O4/c20-11-2-1-3-12(21)15(11)16-10(17(31-26-16)9-4-5-9)8-30-14-7-6-13(27(28)29)18(25-14)19(22,23)24/h1-3,6-7,9H,4-5,8H2. The van der Waals surface area contributed by atoms with E-state index in [1.807, 2.05) is 0 Å². The lowest BCUT2D eigenvalue weighted by molar-refractivity contribution is -0.388. The van der Waals surface area contributed by atoms with Gasteiger partial charge in [0.1, 0.15) is 18.1 Å². The Balaban J connectivity index is 1.69. The van der Waals surface area contributed by atoms with Crippen molar-refractivity contribution in [2.45, 2.75) is 31.5 Å². The molecule has 1 aliphatic carbocycles. The molecule has 1 aromatic carbocycles. The number of hydrogen-bond acceptors (Lipinski definition) is 6. The first-order valence-corrected chi connectivity index (χ1v) is 9.70. The summed E-state index contributed by atoms with van der Waals surface area (Å²) in [6.45, 7) is -0.242. The summed E-state index contributed by atoms with van der Waals surface area (Å²) in [5.74, 6) is 0.206. The quantitative estimate of drug-likeness (QED) is 0.302. The van der Waals surface area contributed by atoms with Gasteiger partial charge in [-0.3, -0.25) is 10.1 Å². The minimum atomic E-state index is -5.02. The normalized spacial score (nSPS) is 14.0. The van der Waals surface area contributed by atoms with Crippen LogP contribution in [0.25, 0.3) is 11.3 Å². The van der Waals surface area contributed by atoms with Gasteiger partial charge in [0.25, 0.3) is 5.69 Å². The maximum Gasteiger partial charge on any atom is 0.440 e. The maximum absolute atomic E-state index is 13.2. The van der Waals surface area contributed by atoms with Crippen LogP contribution in [0, 0.1) is 10.1 Å². The van der Waals surface area contributed by atoms with E-state index in [0.29, 0.717) is 38.7 Å². The summed E-state index contributed by atoms with van der Waals surface area (Å²) < 4.78 is 50.5.